The highest BCUT2D eigenvalue weighted by molar-refractivity contribution is 5.71. The SMILES string of the molecule is CC/C=C\C/C=C\C/C=C\C/C=C\CCCCCCCCC(=O)OCC(COC(=O)CCCCCCC)OC(=O)CCCCCCCCC/C=C\C/C=C\CCCCCC. The molecule has 60 heavy (non-hydrogen) atoms. The van der Waals surface area contributed by atoms with Crippen molar-refractivity contribution < 1.29 is 28.6 Å². The van der Waals surface area contributed by atoms with Crippen LogP contribution in [0.2, 0.25) is 0 Å². The number of allylic oxidation sites excluding steroid dienone is 12. The number of rotatable bonds is 44. The molecule has 0 rings (SSSR count). The fourth-order valence-electron chi connectivity index (χ4n) is 6.70. The number of hydrogen-bond acceptors (Lipinski definition) is 6. The molecule has 1 unspecified atom stereocenters. The van der Waals surface area contributed by atoms with Crippen molar-refractivity contribution in [2.75, 3.05) is 13.2 Å². The van der Waals surface area contributed by atoms with Crippen LogP contribution >= 0.6 is 0 Å². The average molecular weight is 837 g/mol. The van der Waals surface area contributed by atoms with Crippen LogP contribution in [0.3, 0.4) is 0 Å². The van der Waals surface area contributed by atoms with Gasteiger partial charge < -0.3 is 14.2 Å². The Morgan fingerprint density at radius 1 is 0.350 bits per heavy atom. The van der Waals surface area contributed by atoms with Crippen LogP contribution in [0.15, 0.2) is 72.9 Å². The quantitative estimate of drug-likeness (QED) is 0.0263. The molecule has 0 saturated carbocycles. The van der Waals surface area contributed by atoms with Gasteiger partial charge in [0, 0.05) is 19.3 Å². The molecule has 0 aliphatic rings. The van der Waals surface area contributed by atoms with E-state index in [9.17, 15) is 14.4 Å². The van der Waals surface area contributed by atoms with Crippen LogP contribution in [0.4, 0.5) is 0 Å². The Labute approximate surface area is 370 Å². The van der Waals surface area contributed by atoms with Crippen LogP contribution in [0, 0.1) is 0 Å². The van der Waals surface area contributed by atoms with Gasteiger partial charge in [0.05, 0.1) is 0 Å². The summed E-state index contributed by atoms with van der Waals surface area (Å²) >= 11 is 0. The molecule has 0 aliphatic heterocycles. The summed E-state index contributed by atoms with van der Waals surface area (Å²) in [4.78, 5) is 37.6. The molecule has 6 heteroatoms. The molecule has 0 heterocycles. The smallest absolute Gasteiger partial charge is 0.306 e. The number of unbranched alkanes of at least 4 members (excludes halogenated alkanes) is 21. The first-order chi connectivity index (χ1) is 29.5. The zero-order chi connectivity index (χ0) is 43.7. The van der Waals surface area contributed by atoms with Crippen LogP contribution < -0.4 is 0 Å². The number of hydrogen-bond donors (Lipinski definition) is 0. The summed E-state index contributed by atoms with van der Waals surface area (Å²) in [7, 11) is 0. The minimum atomic E-state index is -0.781. The Morgan fingerprint density at radius 3 is 1.03 bits per heavy atom. The van der Waals surface area contributed by atoms with E-state index in [1.165, 1.54) is 83.5 Å². The topological polar surface area (TPSA) is 78.9 Å². The van der Waals surface area contributed by atoms with Crippen molar-refractivity contribution in [2.24, 2.45) is 0 Å². The van der Waals surface area contributed by atoms with E-state index < -0.39 is 6.10 Å². The van der Waals surface area contributed by atoms with Crippen LogP contribution in [0.5, 0.6) is 0 Å². The zero-order valence-corrected chi connectivity index (χ0v) is 39.2. The third-order valence-corrected chi connectivity index (χ3v) is 10.4. The molecular weight excluding hydrogens is 745 g/mol. The van der Waals surface area contributed by atoms with E-state index in [1.807, 2.05) is 0 Å². The van der Waals surface area contributed by atoms with Gasteiger partial charge in [-0.1, -0.05) is 196 Å². The molecule has 0 amide bonds. The molecular formula is C54H92O6. The lowest BCUT2D eigenvalue weighted by atomic mass is 10.1. The summed E-state index contributed by atoms with van der Waals surface area (Å²) in [5, 5.41) is 0. The van der Waals surface area contributed by atoms with Gasteiger partial charge in [-0.05, 0) is 89.9 Å². The summed E-state index contributed by atoms with van der Waals surface area (Å²) in [6, 6.07) is 0. The van der Waals surface area contributed by atoms with Gasteiger partial charge >= 0.3 is 17.9 Å². The van der Waals surface area contributed by atoms with Gasteiger partial charge in [-0.2, -0.15) is 0 Å². The Bertz CT molecular complexity index is 1140. The largest absolute Gasteiger partial charge is 0.462 e. The zero-order valence-electron chi connectivity index (χ0n) is 39.2. The first-order valence-corrected chi connectivity index (χ1v) is 24.9. The molecule has 0 radical (unpaired) electrons. The highest BCUT2D eigenvalue weighted by atomic mass is 16.6. The molecule has 344 valence electrons. The molecule has 0 aromatic carbocycles. The summed E-state index contributed by atoms with van der Waals surface area (Å²) in [6.07, 6.45) is 60.6. The molecule has 0 aromatic heterocycles. The molecule has 1 atom stereocenters. The van der Waals surface area contributed by atoms with Crippen molar-refractivity contribution in [1.82, 2.24) is 0 Å². The maximum Gasteiger partial charge on any atom is 0.306 e. The summed E-state index contributed by atoms with van der Waals surface area (Å²) in [5.74, 6) is -0.921. The third kappa shape index (κ3) is 45.9. The standard InChI is InChI=1S/C54H92O6/c1-4-7-10-13-15-17-19-21-23-25-27-29-30-32-34-36-38-41-44-47-53(56)59-50-51(49-58-52(55)46-43-40-12-9-6-3)60-54(57)48-45-42-39-37-35-33-31-28-26-24-22-20-18-16-14-11-8-5-2/h7,10,15,17-18,20-21,23-24,26-27,29,51H,4-6,8-9,11-14,16,19,22,25,28,30-50H2,1-3H3/b10-7-,17-15-,20-18-,23-21-,26-24-,29-27-. The minimum Gasteiger partial charge on any atom is -0.462 e. The van der Waals surface area contributed by atoms with Crippen molar-refractivity contribution in [1.29, 1.82) is 0 Å². The van der Waals surface area contributed by atoms with E-state index in [2.05, 4.69) is 93.7 Å². The molecule has 0 spiro atoms. The lowest BCUT2D eigenvalue weighted by Gasteiger charge is -2.18. The second kappa shape index (κ2) is 48.5. The van der Waals surface area contributed by atoms with Crippen molar-refractivity contribution in [3.8, 4) is 0 Å². The van der Waals surface area contributed by atoms with Crippen molar-refractivity contribution in [3.63, 3.8) is 0 Å². The van der Waals surface area contributed by atoms with Crippen LogP contribution in [-0.4, -0.2) is 37.2 Å². The lowest BCUT2D eigenvalue weighted by molar-refractivity contribution is -0.167. The Balaban J connectivity index is 4.23. The normalized spacial score (nSPS) is 12.7. The number of esters is 3. The van der Waals surface area contributed by atoms with Gasteiger partial charge in [0.25, 0.3) is 0 Å². The first-order valence-electron chi connectivity index (χ1n) is 24.9. The van der Waals surface area contributed by atoms with E-state index >= 15 is 0 Å². The number of carbonyl (C=O) groups is 3. The predicted molar refractivity (Wildman–Crippen MR) is 256 cm³/mol. The fourth-order valence-corrected chi connectivity index (χ4v) is 6.70. The number of carbonyl (C=O) groups excluding carboxylic acids is 3. The fraction of sp³-hybridized carbons (Fsp3) is 0.722. The van der Waals surface area contributed by atoms with E-state index in [1.54, 1.807) is 0 Å². The Morgan fingerprint density at radius 2 is 0.650 bits per heavy atom. The van der Waals surface area contributed by atoms with Crippen LogP contribution in [-0.2, 0) is 28.6 Å². The second-order valence-electron chi connectivity index (χ2n) is 16.3. The average Bonchev–Trinajstić information content (AvgIpc) is 3.24. The summed E-state index contributed by atoms with van der Waals surface area (Å²) < 4.78 is 16.6. The van der Waals surface area contributed by atoms with Gasteiger partial charge in [-0.25, -0.2) is 0 Å². The van der Waals surface area contributed by atoms with Crippen molar-refractivity contribution >= 4 is 17.9 Å². The van der Waals surface area contributed by atoms with E-state index in [-0.39, 0.29) is 31.1 Å². The predicted octanol–water partition coefficient (Wildman–Crippen LogP) is 16.3. The van der Waals surface area contributed by atoms with Gasteiger partial charge in [-0.15, -0.1) is 0 Å². The van der Waals surface area contributed by atoms with E-state index in [0.717, 1.165) is 109 Å². The highest BCUT2D eigenvalue weighted by Crippen LogP contribution is 2.14. The lowest BCUT2D eigenvalue weighted by Crippen LogP contribution is -2.30. The molecule has 0 aliphatic carbocycles. The highest BCUT2D eigenvalue weighted by Gasteiger charge is 2.19. The van der Waals surface area contributed by atoms with E-state index in [4.69, 9.17) is 14.2 Å². The molecule has 0 fully saturated rings. The molecule has 0 aromatic rings. The number of ether oxygens (including phenoxy) is 3. The molecule has 0 N–H and O–H groups in total. The maximum atomic E-state index is 12.7. The monoisotopic (exact) mass is 837 g/mol. The molecule has 6 nitrogen and oxygen atoms in total. The van der Waals surface area contributed by atoms with Gasteiger partial charge in [0.15, 0.2) is 6.10 Å². The first kappa shape index (κ1) is 56.9. The second-order valence-corrected chi connectivity index (χ2v) is 16.3. The van der Waals surface area contributed by atoms with Crippen molar-refractivity contribution in [2.45, 2.75) is 239 Å². The summed E-state index contributed by atoms with van der Waals surface area (Å²) in [5.41, 5.74) is 0. The van der Waals surface area contributed by atoms with Gasteiger partial charge in [0.1, 0.15) is 13.2 Å². The Hall–Kier alpha value is -3.15. The van der Waals surface area contributed by atoms with Crippen LogP contribution in [0.25, 0.3) is 0 Å². The van der Waals surface area contributed by atoms with Crippen LogP contribution in [0.1, 0.15) is 233 Å². The van der Waals surface area contributed by atoms with E-state index in [0.29, 0.717) is 19.3 Å². The Kier molecular flexibility index (Phi) is 46.0. The minimum absolute atomic E-state index is 0.0846. The van der Waals surface area contributed by atoms with Crippen molar-refractivity contribution in [3.05, 3.63) is 72.9 Å². The maximum absolute atomic E-state index is 12.7. The molecule has 0 saturated heterocycles. The molecule has 0 bridgehead atoms. The third-order valence-electron chi connectivity index (χ3n) is 10.4. The van der Waals surface area contributed by atoms with Gasteiger partial charge in [-0.3, -0.25) is 14.4 Å². The van der Waals surface area contributed by atoms with Gasteiger partial charge in [0.2, 0.25) is 0 Å². The summed E-state index contributed by atoms with van der Waals surface area (Å²) in [6.45, 7) is 6.40.